The highest BCUT2D eigenvalue weighted by atomic mass is 79.9. The topological polar surface area (TPSA) is 20.2 Å². The predicted molar refractivity (Wildman–Crippen MR) is 84.5 cm³/mol. The van der Waals surface area contributed by atoms with Gasteiger partial charge >= 0.3 is 12.1 Å². The summed E-state index contributed by atoms with van der Waals surface area (Å²) < 4.78 is 79.7. The van der Waals surface area contributed by atoms with Gasteiger partial charge in [-0.3, -0.25) is 0 Å². The molecule has 1 N–H and O–H groups in total. The predicted octanol–water partition coefficient (Wildman–Crippen LogP) is 5.69. The summed E-state index contributed by atoms with van der Waals surface area (Å²) in [4.78, 5) is 0. The number of benzene rings is 2. The Labute approximate surface area is 147 Å². The van der Waals surface area contributed by atoms with Crippen molar-refractivity contribution in [1.29, 1.82) is 0 Å². The molecule has 1 nitrogen and oxygen atoms in total. The third-order valence-corrected chi connectivity index (χ3v) is 4.20. The standard InChI is InChI=1S/C17H11BrF6O/c18-14-4-2-1-3-13(14)15(25,16(20,21)17(22,23)24)10-9-11-5-7-12(19)8-6-11/h1-10,25H/b10-9+. The third kappa shape index (κ3) is 3.74. The van der Waals surface area contributed by atoms with Gasteiger partial charge in [0.25, 0.3) is 0 Å². The molecule has 0 aliphatic carbocycles. The van der Waals surface area contributed by atoms with E-state index >= 15 is 0 Å². The van der Waals surface area contributed by atoms with Gasteiger partial charge in [-0.05, 0) is 29.8 Å². The lowest BCUT2D eigenvalue weighted by atomic mass is 9.85. The van der Waals surface area contributed by atoms with Crippen molar-refractivity contribution in [3.8, 4) is 0 Å². The molecule has 0 aliphatic heterocycles. The van der Waals surface area contributed by atoms with Gasteiger partial charge in [-0.25, -0.2) is 4.39 Å². The van der Waals surface area contributed by atoms with Gasteiger partial charge in [-0.1, -0.05) is 52.3 Å². The average molecular weight is 425 g/mol. The van der Waals surface area contributed by atoms with Crippen molar-refractivity contribution >= 4 is 22.0 Å². The quantitative estimate of drug-likeness (QED) is 0.625. The number of hydrogen-bond donors (Lipinski definition) is 1. The summed E-state index contributed by atoms with van der Waals surface area (Å²) in [5.74, 6) is -6.07. The van der Waals surface area contributed by atoms with Crippen molar-refractivity contribution in [3.63, 3.8) is 0 Å². The van der Waals surface area contributed by atoms with E-state index in [1.807, 2.05) is 0 Å². The molecule has 2 rings (SSSR count). The minimum Gasteiger partial charge on any atom is -0.375 e. The normalized spacial score (nSPS) is 15.4. The molecule has 0 saturated carbocycles. The van der Waals surface area contributed by atoms with Crippen LogP contribution in [0.1, 0.15) is 11.1 Å². The van der Waals surface area contributed by atoms with Gasteiger partial charge in [0.2, 0.25) is 0 Å². The molecular formula is C17H11BrF6O. The highest BCUT2D eigenvalue weighted by Crippen LogP contribution is 2.50. The molecule has 0 spiro atoms. The first-order valence-corrected chi connectivity index (χ1v) is 7.65. The SMILES string of the molecule is OC(/C=C/c1ccc(F)cc1)(c1ccccc1Br)C(F)(F)C(F)(F)F. The molecule has 2 aromatic rings. The lowest BCUT2D eigenvalue weighted by Crippen LogP contribution is -2.54. The van der Waals surface area contributed by atoms with Crippen LogP contribution in [0.15, 0.2) is 59.1 Å². The van der Waals surface area contributed by atoms with Crippen LogP contribution in [0.3, 0.4) is 0 Å². The number of halogens is 7. The number of rotatable bonds is 4. The Balaban J connectivity index is 2.61. The zero-order chi connectivity index (χ0) is 18.9. The molecule has 1 atom stereocenters. The highest BCUT2D eigenvalue weighted by Gasteiger charge is 2.70. The third-order valence-electron chi connectivity index (χ3n) is 3.51. The second-order valence-electron chi connectivity index (χ2n) is 5.20. The van der Waals surface area contributed by atoms with Crippen LogP contribution in [-0.4, -0.2) is 17.2 Å². The molecule has 134 valence electrons. The summed E-state index contributed by atoms with van der Waals surface area (Å²) in [6.45, 7) is 0. The molecule has 0 radical (unpaired) electrons. The summed E-state index contributed by atoms with van der Waals surface area (Å²) in [6.07, 6.45) is -4.77. The largest absolute Gasteiger partial charge is 0.457 e. The maximum atomic E-state index is 14.1. The molecule has 0 bridgehead atoms. The smallest absolute Gasteiger partial charge is 0.375 e. The van der Waals surface area contributed by atoms with Crippen LogP contribution < -0.4 is 0 Å². The van der Waals surface area contributed by atoms with Crippen LogP contribution >= 0.6 is 15.9 Å². The van der Waals surface area contributed by atoms with E-state index in [2.05, 4.69) is 15.9 Å². The van der Waals surface area contributed by atoms with E-state index in [1.54, 1.807) is 0 Å². The fraction of sp³-hybridized carbons (Fsp3) is 0.176. The Kier molecular flexibility index (Phi) is 5.34. The Bertz CT molecular complexity index is 769. The van der Waals surface area contributed by atoms with E-state index in [0.717, 1.165) is 24.3 Å². The van der Waals surface area contributed by atoms with Crippen LogP contribution in [0.25, 0.3) is 6.08 Å². The van der Waals surface area contributed by atoms with E-state index in [0.29, 0.717) is 6.08 Å². The zero-order valence-electron chi connectivity index (χ0n) is 12.4. The molecule has 8 heteroatoms. The first-order valence-electron chi connectivity index (χ1n) is 6.86. The summed E-state index contributed by atoms with van der Waals surface area (Å²) in [7, 11) is 0. The molecule has 0 aliphatic rings. The Morgan fingerprint density at radius 1 is 0.880 bits per heavy atom. The summed E-state index contributed by atoms with van der Waals surface area (Å²) in [5.41, 5.74) is -4.18. The van der Waals surface area contributed by atoms with Crippen molar-refractivity contribution in [2.75, 3.05) is 0 Å². The second kappa shape index (κ2) is 6.84. The fourth-order valence-corrected chi connectivity index (χ4v) is 2.73. The lowest BCUT2D eigenvalue weighted by molar-refractivity contribution is -0.334. The molecule has 0 amide bonds. The van der Waals surface area contributed by atoms with Gasteiger partial charge in [0, 0.05) is 10.0 Å². The molecule has 0 heterocycles. The van der Waals surface area contributed by atoms with Gasteiger partial charge in [0.05, 0.1) is 0 Å². The van der Waals surface area contributed by atoms with E-state index in [1.165, 1.54) is 30.3 Å². The maximum Gasteiger partial charge on any atom is 0.457 e. The average Bonchev–Trinajstić information content (AvgIpc) is 2.53. The number of aliphatic hydroxyl groups is 1. The van der Waals surface area contributed by atoms with Crippen molar-refractivity contribution in [1.82, 2.24) is 0 Å². The van der Waals surface area contributed by atoms with Gasteiger partial charge < -0.3 is 5.11 Å². The van der Waals surface area contributed by atoms with Crippen molar-refractivity contribution in [2.45, 2.75) is 17.7 Å². The van der Waals surface area contributed by atoms with E-state index in [-0.39, 0.29) is 10.0 Å². The molecule has 25 heavy (non-hydrogen) atoms. The lowest BCUT2D eigenvalue weighted by Gasteiger charge is -2.35. The molecule has 0 fully saturated rings. The van der Waals surface area contributed by atoms with Crippen LogP contribution in [0.4, 0.5) is 26.3 Å². The first kappa shape index (κ1) is 19.5. The Hall–Kier alpha value is -1.80. The summed E-state index contributed by atoms with van der Waals surface area (Å²) in [5, 5.41) is 10.4. The van der Waals surface area contributed by atoms with E-state index < -0.39 is 29.1 Å². The Morgan fingerprint density at radius 2 is 1.44 bits per heavy atom. The summed E-state index contributed by atoms with van der Waals surface area (Å²) in [6, 6.07) is 9.21. The van der Waals surface area contributed by atoms with E-state index in [9.17, 15) is 31.4 Å². The minimum absolute atomic E-state index is 0.120. The number of hydrogen-bond acceptors (Lipinski definition) is 1. The van der Waals surface area contributed by atoms with Gasteiger partial charge in [0.1, 0.15) is 5.82 Å². The van der Waals surface area contributed by atoms with Gasteiger partial charge in [-0.2, -0.15) is 22.0 Å². The van der Waals surface area contributed by atoms with Crippen molar-refractivity contribution in [3.05, 3.63) is 76.0 Å². The molecule has 2 aromatic carbocycles. The van der Waals surface area contributed by atoms with Crippen LogP contribution in [0.5, 0.6) is 0 Å². The van der Waals surface area contributed by atoms with Crippen LogP contribution in [-0.2, 0) is 5.60 Å². The highest BCUT2D eigenvalue weighted by molar-refractivity contribution is 9.10. The van der Waals surface area contributed by atoms with Crippen LogP contribution in [0.2, 0.25) is 0 Å². The molecule has 1 unspecified atom stereocenters. The molecule has 0 aromatic heterocycles. The van der Waals surface area contributed by atoms with Crippen molar-refractivity contribution in [2.24, 2.45) is 0 Å². The van der Waals surface area contributed by atoms with E-state index in [4.69, 9.17) is 0 Å². The van der Waals surface area contributed by atoms with Gasteiger partial charge in [0.15, 0.2) is 5.60 Å². The Morgan fingerprint density at radius 3 is 1.96 bits per heavy atom. The summed E-state index contributed by atoms with van der Waals surface area (Å²) >= 11 is 2.88. The monoisotopic (exact) mass is 424 g/mol. The fourth-order valence-electron chi connectivity index (χ4n) is 2.14. The number of alkyl halides is 5. The van der Waals surface area contributed by atoms with Crippen LogP contribution in [0, 0.1) is 5.82 Å². The zero-order valence-corrected chi connectivity index (χ0v) is 14.0. The molecular weight excluding hydrogens is 414 g/mol. The van der Waals surface area contributed by atoms with Crippen molar-refractivity contribution < 1.29 is 31.4 Å². The second-order valence-corrected chi connectivity index (χ2v) is 6.06. The molecule has 0 saturated heterocycles. The first-order chi connectivity index (χ1) is 11.5. The maximum absolute atomic E-state index is 14.1. The minimum atomic E-state index is -6.00. The van der Waals surface area contributed by atoms with Gasteiger partial charge in [-0.15, -0.1) is 0 Å².